The third-order valence-electron chi connectivity index (χ3n) is 3.01. The first-order chi connectivity index (χ1) is 11.6. The van der Waals surface area contributed by atoms with Crippen LogP contribution in [0.2, 0.25) is 5.02 Å². The fourth-order valence-electron chi connectivity index (χ4n) is 1.94. The van der Waals surface area contributed by atoms with Gasteiger partial charge in [-0.3, -0.25) is 14.9 Å². The van der Waals surface area contributed by atoms with Crippen molar-refractivity contribution in [2.75, 3.05) is 10.6 Å². The van der Waals surface area contributed by atoms with Crippen LogP contribution in [0.1, 0.15) is 16.1 Å². The number of rotatable bonds is 5. The highest BCUT2D eigenvalue weighted by Gasteiger charge is 2.11. The molecule has 3 rings (SSSR count). The molecule has 2 N–H and O–H groups in total. The first-order valence-corrected chi connectivity index (χ1v) is 9.13. The number of thiazole rings is 1. The number of hydrogen-bond acceptors (Lipinski definition) is 5. The lowest BCUT2D eigenvalue weighted by Crippen LogP contribution is -2.15. The maximum absolute atomic E-state index is 12.0. The maximum atomic E-state index is 12.0. The van der Waals surface area contributed by atoms with Crippen LogP contribution in [0.5, 0.6) is 0 Å². The van der Waals surface area contributed by atoms with Crippen LogP contribution in [0, 0.1) is 0 Å². The minimum absolute atomic E-state index is 0.122. The van der Waals surface area contributed by atoms with E-state index in [1.54, 1.807) is 41.1 Å². The molecule has 24 heavy (non-hydrogen) atoms. The molecular formula is C16H12ClN3O2S2. The molecule has 122 valence electrons. The summed E-state index contributed by atoms with van der Waals surface area (Å²) in [6.07, 6.45) is 0.122. The van der Waals surface area contributed by atoms with E-state index < -0.39 is 0 Å². The van der Waals surface area contributed by atoms with Crippen LogP contribution in [0.4, 0.5) is 10.8 Å². The number of carbonyl (C=O) groups excluding carboxylic acids is 2. The highest BCUT2D eigenvalue weighted by Crippen LogP contribution is 2.19. The average Bonchev–Trinajstić information content (AvgIpc) is 3.19. The lowest BCUT2D eigenvalue weighted by molar-refractivity contribution is -0.115. The number of benzene rings is 1. The molecule has 0 fully saturated rings. The van der Waals surface area contributed by atoms with E-state index in [9.17, 15) is 9.59 Å². The normalized spacial score (nSPS) is 10.4. The molecule has 0 aliphatic carbocycles. The van der Waals surface area contributed by atoms with Crippen LogP contribution in [0.25, 0.3) is 0 Å². The average molecular weight is 378 g/mol. The molecule has 2 amide bonds. The molecule has 8 heteroatoms. The fraction of sp³-hybridized carbons (Fsp3) is 0.0625. The molecule has 0 aliphatic rings. The molecule has 2 heterocycles. The zero-order valence-electron chi connectivity index (χ0n) is 12.3. The molecule has 0 bridgehead atoms. The number of amides is 2. The molecule has 3 aromatic rings. The van der Waals surface area contributed by atoms with E-state index in [1.807, 2.05) is 5.38 Å². The van der Waals surface area contributed by atoms with Gasteiger partial charge in [0.2, 0.25) is 5.91 Å². The summed E-state index contributed by atoms with van der Waals surface area (Å²) in [7, 11) is 0. The number of carbonyl (C=O) groups is 2. The Balaban J connectivity index is 1.57. The van der Waals surface area contributed by atoms with E-state index in [4.69, 9.17) is 11.6 Å². The summed E-state index contributed by atoms with van der Waals surface area (Å²) in [5.41, 5.74) is 1.82. The van der Waals surface area contributed by atoms with E-state index in [-0.39, 0.29) is 18.2 Å². The van der Waals surface area contributed by atoms with Crippen molar-refractivity contribution >= 4 is 56.9 Å². The minimum atomic E-state index is -0.208. The largest absolute Gasteiger partial charge is 0.326 e. The van der Waals surface area contributed by atoms with Gasteiger partial charge in [-0.15, -0.1) is 11.3 Å². The predicted molar refractivity (Wildman–Crippen MR) is 98.2 cm³/mol. The number of nitrogens with zero attached hydrogens (tertiary/aromatic N) is 1. The predicted octanol–water partition coefficient (Wildman–Crippen LogP) is 4.29. The van der Waals surface area contributed by atoms with Gasteiger partial charge < -0.3 is 5.32 Å². The van der Waals surface area contributed by atoms with Crippen molar-refractivity contribution < 1.29 is 9.59 Å². The maximum Gasteiger partial charge on any atom is 0.258 e. The number of nitrogens with one attached hydrogen (secondary N) is 2. The monoisotopic (exact) mass is 377 g/mol. The van der Waals surface area contributed by atoms with Gasteiger partial charge in [-0.25, -0.2) is 4.98 Å². The van der Waals surface area contributed by atoms with E-state index in [1.165, 1.54) is 22.7 Å². The Labute approximate surface area is 151 Å². The number of thiophene rings is 1. The molecular weight excluding hydrogens is 366 g/mol. The van der Waals surface area contributed by atoms with E-state index >= 15 is 0 Å². The van der Waals surface area contributed by atoms with Gasteiger partial charge in [0.1, 0.15) is 0 Å². The highest BCUT2D eigenvalue weighted by molar-refractivity contribution is 7.14. The Morgan fingerprint density at radius 1 is 1.17 bits per heavy atom. The summed E-state index contributed by atoms with van der Waals surface area (Å²) in [5.74, 6) is -0.404. The quantitative estimate of drug-likeness (QED) is 0.696. The second-order valence-corrected chi connectivity index (χ2v) is 6.92. The third kappa shape index (κ3) is 4.41. The molecule has 0 saturated heterocycles. The smallest absolute Gasteiger partial charge is 0.258 e. The van der Waals surface area contributed by atoms with Crippen molar-refractivity contribution in [2.45, 2.75) is 6.42 Å². The van der Waals surface area contributed by atoms with E-state index in [2.05, 4.69) is 15.6 Å². The summed E-state index contributed by atoms with van der Waals surface area (Å²) < 4.78 is 0. The summed E-state index contributed by atoms with van der Waals surface area (Å²) in [5, 5.41) is 11.9. The number of hydrogen-bond donors (Lipinski definition) is 2. The Hall–Kier alpha value is -2.22. The van der Waals surface area contributed by atoms with Crippen LogP contribution >= 0.6 is 34.3 Å². The second-order valence-electron chi connectivity index (χ2n) is 4.85. The molecule has 0 aliphatic heterocycles. The van der Waals surface area contributed by atoms with Crippen LogP contribution < -0.4 is 10.6 Å². The minimum Gasteiger partial charge on any atom is -0.326 e. The van der Waals surface area contributed by atoms with Gasteiger partial charge >= 0.3 is 0 Å². The number of aromatic nitrogens is 1. The van der Waals surface area contributed by atoms with Gasteiger partial charge in [0.25, 0.3) is 5.91 Å². The Kier molecular flexibility index (Phi) is 5.24. The fourth-order valence-corrected chi connectivity index (χ4v) is 3.48. The first-order valence-electron chi connectivity index (χ1n) is 6.93. The van der Waals surface area contributed by atoms with Crippen LogP contribution in [0.3, 0.4) is 0 Å². The van der Waals surface area contributed by atoms with Crippen molar-refractivity contribution in [3.63, 3.8) is 0 Å². The molecule has 1 aromatic carbocycles. The molecule has 0 spiro atoms. The molecule has 2 aromatic heterocycles. The van der Waals surface area contributed by atoms with Crippen LogP contribution in [-0.2, 0) is 11.2 Å². The Bertz CT molecular complexity index is 862. The van der Waals surface area contributed by atoms with E-state index in [0.29, 0.717) is 27.1 Å². The van der Waals surface area contributed by atoms with E-state index in [0.717, 1.165) is 0 Å². The standard InChI is InChI=1S/C16H12ClN3O2S2/c17-11-2-1-3-12(6-11)18-14(21)7-13-9-24-16(19-13)20-15(22)10-4-5-23-8-10/h1-6,8-9H,7H2,(H,18,21)(H,19,20,22). The summed E-state index contributed by atoms with van der Waals surface area (Å²) in [6, 6.07) is 8.68. The second kappa shape index (κ2) is 7.57. The molecule has 5 nitrogen and oxygen atoms in total. The van der Waals surface area contributed by atoms with Crippen molar-refractivity contribution in [3.8, 4) is 0 Å². The topological polar surface area (TPSA) is 71.1 Å². The first kappa shape index (κ1) is 16.6. The van der Waals surface area contributed by atoms with Crippen LogP contribution in [-0.4, -0.2) is 16.8 Å². The van der Waals surface area contributed by atoms with Crippen LogP contribution in [0.15, 0.2) is 46.5 Å². The van der Waals surface area contributed by atoms with Crippen molar-refractivity contribution in [3.05, 3.63) is 62.8 Å². The molecule has 0 unspecified atom stereocenters. The molecule has 0 atom stereocenters. The van der Waals surface area contributed by atoms with Gasteiger partial charge in [-0.1, -0.05) is 17.7 Å². The van der Waals surface area contributed by atoms with Gasteiger partial charge in [0, 0.05) is 21.5 Å². The third-order valence-corrected chi connectivity index (χ3v) is 4.73. The van der Waals surface area contributed by atoms with Crippen molar-refractivity contribution in [2.24, 2.45) is 0 Å². The van der Waals surface area contributed by atoms with Gasteiger partial charge in [-0.2, -0.15) is 11.3 Å². The summed E-state index contributed by atoms with van der Waals surface area (Å²) in [6.45, 7) is 0. The highest BCUT2D eigenvalue weighted by atomic mass is 35.5. The van der Waals surface area contributed by atoms with Crippen molar-refractivity contribution in [1.82, 2.24) is 4.98 Å². The van der Waals surface area contributed by atoms with Gasteiger partial charge in [0.05, 0.1) is 17.7 Å². The molecule has 0 saturated carbocycles. The Morgan fingerprint density at radius 2 is 2.04 bits per heavy atom. The van der Waals surface area contributed by atoms with Gasteiger partial charge in [0.15, 0.2) is 5.13 Å². The molecule has 0 radical (unpaired) electrons. The lowest BCUT2D eigenvalue weighted by Gasteiger charge is -2.04. The van der Waals surface area contributed by atoms with Gasteiger partial charge in [-0.05, 0) is 29.6 Å². The summed E-state index contributed by atoms with van der Waals surface area (Å²) in [4.78, 5) is 28.2. The zero-order chi connectivity index (χ0) is 16.9. The SMILES string of the molecule is O=C(Cc1csc(NC(=O)c2ccsc2)n1)Nc1cccc(Cl)c1. The number of halogens is 1. The zero-order valence-corrected chi connectivity index (χ0v) is 14.7. The lowest BCUT2D eigenvalue weighted by atomic mass is 10.3. The summed E-state index contributed by atoms with van der Waals surface area (Å²) >= 11 is 8.62. The number of anilines is 2. The Morgan fingerprint density at radius 3 is 2.79 bits per heavy atom. The van der Waals surface area contributed by atoms with Crippen molar-refractivity contribution in [1.29, 1.82) is 0 Å².